The van der Waals surface area contributed by atoms with Crippen LogP contribution in [0.1, 0.15) is 6.92 Å². The van der Waals surface area contributed by atoms with Crippen molar-refractivity contribution in [3.05, 3.63) is 42.5 Å². The van der Waals surface area contributed by atoms with Crippen LogP contribution < -0.4 is 10.1 Å². The number of amides is 1. The number of ether oxygens (including phenoxy) is 1. The van der Waals surface area contributed by atoms with Crippen molar-refractivity contribution in [1.82, 2.24) is 0 Å². The fourth-order valence-corrected chi connectivity index (χ4v) is 2.74. The number of benzene rings is 2. The summed E-state index contributed by atoms with van der Waals surface area (Å²) in [7, 11) is 0. The van der Waals surface area contributed by atoms with Gasteiger partial charge in [-0.25, -0.2) is 0 Å². The molecule has 0 saturated heterocycles. The number of carbonyl (C=O) groups is 1. The van der Waals surface area contributed by atoms with Gasteiger partial charge in [-0.15, -0.1) is 0 Å². The molecule has 1 N–H and O–H groups in total. The summed E-state index contributed by atoms with van der Waals surface area (Å²) in [6.45, 7) is 1.49. The van der Waals surface area contributed by atoms with Gasteiger partial charge in [0.25, 0.3) is 0 Å². The lowest BCUT2D eigenvalue weighted by Crippen LogP contribution is -2.06. The Morgan fingerprint density at radius 3 is 2.72 bits per heavy atom. The number of rotatable bonds is 1. The molecule has 0 atom stereocenters. The molecule has 0 spiro atoms. The molecule has 18 heavy (non-hydrogen) atoms. The molecule has 2 aromatic carbocycles. The minimum absolute atomic E-state index is 0.0844. The van der Waals surface area contributed by atoms with Gasteiger partial charge >= 0.3 is 0 Å². The Morgan fingerprint density at radius 2 is 1.89 bits per heavy atom. The fraction of sp³-hybridized carbons (Fsp3) is 0.0714. The Hall–Kier alpha value is -1.94. The van der Waals surface area contributed by atoms with Gasteiger partial charge in [-0.3, -0.25) is 4.79 Å². The molecule has 0 bridgehead atoms. The van der Waals surface area contributed by atoms with E-state index in [9.17, 15) is 4.79 Å². The van der Waals surface area contributed by atoms with Crippen molar-refractivity contribution in [1.29, 1.82) is 0 Å². The summed E-state index contributed by atoms with van der Waals surface area (Å²) in [4.78, 5) is 13.2. The molecule has 4 heteroatoms. The van der Waals surface area contributed by atoms with Gasteiger partial charge in [0, 0.05) is 18.7 Å². The van der Waals surface area contributed by atoms with Crippen molar-refractivity contribution in [3.63, 3.8) is 0 Å². The van der Waals surface area contributed by atoms with Gasteiger partial charge in [0.15, 0.2) is 0 Å². The topological polar surface area (TPSA) is 38.3 Å². The lowest BCUT2D eigenvalue weighted by molar-refractivity contribution is -0.114. The second-order valence-corrected chi connectivity index (χ2v) is 5.08. The maximum absolute atomic E-state index is 11.0. The highest BCUT2D eigenvalue weighted by Crippen LogP contribution is 2.47. The molecule has 1 heterocycles. The van der Waals surface area contributed by atoms with E-state index in [1.54, 1.807) is 11.8 Å². The Kier molecular flexibility index (Phi) is 2.72. The molecule has 1 aliphatic rings. The molecule has 0 aliphatic carbocycles. The first kappa shape index (κ1) is 11.2. The monoisotopic (exact) mass is 257 g/mol. The van der Waals surface area contributed by atoms with Gasteiger partial charge in [0.05, 0.1) is 9.79 Å². The summed E-state index contributed by atoms with van der Waals surface area (Å²) in [6.07, 6.45) is 0. The summed E-state index contributed by atoms with van der Waals surface area (Å²) in [5.41, 5.74) is 0.751. The van der Waals surface area contributed by atoms with E-state index in [1.807, 2.05) is 42.5 Å². The molecule has 90 valence electrons. The number of para-hydroxylation sites is 1. The quantitative estimate of drug-likeness (QED) is 0.718. The van der Waals surface area contributed by atoms with Crippen LogP contribution in [-0.4, -0.2) is 5.91 Å². The van der Waals surface area contributed by atoms with Crippen molar-refractivity contribution in [3.8, 4) is 11.5 Å². The highest BCUT2D eigenvalue weighted by atomic mass is 32.2. The number of hydrogen-bond donors (Lipinski definition) is 1. The second kappa shape index (κ2) is 4.38. The molecule has 0 aromatic heterocycles. The average Bonchev–Trinajstić information content (AvgIpc) is 2.35. The summed E-state index contributed by atoms with van der Waals surface area (Å²) in [5, 5.41) is 2.75. The first-order chi connectivity index (χ1) is 8.72. The third-order valence-corrected chi connectivity index (χ3v) is 3.67. The number of carbonyl (C=O) groups excluding carboxylic acids is 1. The first-order valence-electron chi connectivity index (χ1n) is 5.59. The number of hydrogen-bond acceptors (Lipinski definition) is 3. The minimum Gasteiger partial charge on any atom is -0.455 e. The Bertz CT molecular complexity index is 625. The van der Waals surface area contributed by atoms with E-state index in [0.717, 1.165) is 27.0 Å². The SMILES string of the molecule is CC(=O)Nc1ccc2c(c1)Oc1ccccc1S2. The fourth-order valence-electron chi connectivity index (χ4n) is 1.81. The summed E-state index contributed by atoms with van der Waals surface area (Å²) in [6, 6.07) is 13.6. The van der Waals surface area contributed by atoms with E-state index in [0.29, 0.717) is 0 Å². The summed E-state index contributed by atoms with van der Waals surface area (Å²) in [5.74, 6) is 1.55. The molecule has 2 aromatic rings. The van der Waals surface area contributed by atoms with Gasteiger partial charge in [-0.1, -0.05) is 23.9 Å². The van der Waals surface area contributed by atoms with Crippen LogP contribution in [-0.2, 0) is 4.79 Å². The van der Waals surface area contributed by atoms with Gasteiger partial charge < -0.3 is 10.1 Å². The van der Waals surface area contributed by atoms with Crippen molar-refractivity contribution in [2.45, 2.75) is 16.7 Å². The number of fused-ring (bicyclic) bond motifs is 2. The van der Waals surface area contributed by atoms with E-state index in [4.69, 9.17) is 4.74 Å². The molecule has 0 saturated carbocycles. The van der Waals surface area contributed by atoms with E-state index >= 15 is 0 Å². The lowest BCUT2D eigenvalue weighted by Gasteiger charge is -2.19. The predicted octanol–water partition coefficient (Wildman–Crippen LogP) is 3.90. The van der Waals surface area contributed by atoms with Gasteiger partial charge in [0.2, 0.25) is 5.91 Å². The van der Waals surface area contributed by atoms with Crippen LogP contribution in [0.3, 0.4) is 0 Å². The Morgan fingerprint density at radius 1 is 1.11 bits per heavy atom. The Balaban J connectivity index is 1.96. The van der Waals surface area contributed by atoms with Gasteiger partial charge in [0.1, 0.15) is 11.5 Å². The third kappa shape index (κ3) is 2.07. The molecular weight excluding hydrogens is 246 g/mol. The van der Waals surface area contributed by atoms with E-state index in [2.05, 4.69) is 5.32 Å². The van der Waals surface area contributed by atoms with E-state index in [-0.39, 0.29) is 5.91 Å². The lowest BCUT2D eigenvalue weighted by atomic mass is 10.3. The zero-order chi connectivity index (χ0) is 12.5. The molecule has 3 rings (SSSR count). The van der Waals surface area contributed by atoms with Crippen LogP contribution in [0.25, 0.3) is 0 Å². The second-order valence-electron chi connectivity index (χ2n) is 3.99. The third-order valence-electron chi connectivity index (χ3n) is 2.55. The summed E-state index contributed by atoms with van der Waals surface area (Å²) >= 11 is 1.67. The summed E-state index contributed by atoms with van der Waals surface area (Å²) < 4.78 is 5.83. The Labute approximate surface area is 109 Å². The maximum Gasteiger partial charge on any atom is 0.221 e. The highest BCUT2D eigenvalue weighted by molar-refractivity contribution is 7.99. The zero-order valence-corrected chi connectivity index (χ0v) is 10.6. The molecule has 1 aliphatic heterocycles. The number of anilines is 1. The van der Waals surface area contributed by atoms with Crippen LogP contribution in [0.2, 0.25) is 0 Å². The molecule has 1 amide bonds. The van der Waals surface area contributed by atoms with E-state index in [1.165, 1.54) is 6.92 Å². The van der Waals surface area contributed by atoms with E-state index < -0.39 is 0 Å². The molecule has 3 nitrogen and oxygen atoms in total. The van der Waals surface area contributed by atoms with Crippen molar-refractivity contribution >= 4 is 23.4 Å². The van der Waals surface area contributed by atoms with Crippen molar-refractivity contribution in [2.24, 2.45) is 0 Å². The molecule has 0 radical (unpaired) electrons. The number of nitrogens with one attached hydrogen (secondary N) is 1. The molecule has 0 unspecified atom stereocenters. The standard InChI is InChI=1S/C14H11NO2S/c1-9(16)15-10-6-7-14-12(8-10)17-11-4-2-3-5-13(11)18-14/h2-8H,1H3,(H,15,16). The van der Waals surface area contributed by atoms with Crippen LogP contribution in [0.4, 0.5) is 5.69 Å². The largest absolute Gasteiger partial charge is 0.455 e. The average molecular weight is 257 g/mol. The van der Waals surface area contributed by atoms with Crippen LogP contribution in [0.15, 0.2) is 52.3 Å². The van der Waals surface area contributed by atoms with Gasteiger partial charge in [-0.2, -0.15) is 0 Å². The van der Waals surface area contributed by atoms with Crippen LogP contribution >= 0.6 is 11.8 Å². The smallest absolute Gasteiger partial charge is 0.221 e. The molecular formula is C14H11NO2S. The minimum atomic E-state index is -0.0844. The zero-order valence-electron chi connectivity index (χ0n) is 9.77. The first-order valence-corrected chi connectivity index (χ1v) is 6.40. The van der Waals surface area contributed by atoms with Gasteiger partial charge in [-0.05, 0) is 24.3 Å². The van der Waals surface area contributed by atoms with Crippen molar-refractivity contribution in [2.75, 3.05) is 5.32 Å². The normalized spacial score (nSPS) is 12.1. The van der Waals surface area contributed by atoms with Crippen LogP contribution in [0, 0.1) is 0 Å². The predicted molar refractivity (Wildman–Crippen MR) is 71.4 cm³/mol. The highest BCUT2D eigenvalue weighted by Gasteiger charge is 2.17. The maximum atomic E-state index is 11.0. The van der Waals surface area contributed by atoms with Crippen LogP contribution in [0.5, 0.6) is 11.5 Å². The van der Waals surface area contributed by atoms with Crippen molar-refractivity contribution < 1.29 is 9.53 Å². The molecule has 0 fully saturated rings.